The van der Waals surface area contributed by atoms with E-state index in [2.05, 4.69) is 10.1 Å². The Morgan fingerprint density at radius 1 is 1.16 bits per heavy atom. The minimum absolute atomic E-state index is 0.0614. The van der Waals surface area contributed by atoms with E-state index in [0.717, 1.165) is 0 Å². The summed E-state index contributed by atoms with van der Waals surface area (Å²) in [5.41, 5.74) is 0.680. The molecule has 1 aromatic rings. The second-order valence-corrected chi connectivity index (χ2v) is 4.52. The number of carbonyl (C=O) groups excluding carboxylic acids is 2. The van der Waals surface area contributed by atoms with Gasteiger partial charge in [0, 0.05) is 17.5 Å². The van der Waals surface area contributed by atoms with Gasteiger partial charge in [-0.15, -0.1) is 0 Å². The molecule has 19 heavy (non-hydrogen) atoms. The molecule has 0 spiro atoms. The van der Waals surface area contributed by atoms with Gasteiger partial charge < -0.3 is 10.1 Å². The van der Waals surface area contributed by atoms with Gasteiger partial charge in [-0.3, -0.25) is 4.79 Å². The Hall–Kier alpha value is -2.10. The smallest absolute Gasteiger partial charge is 0.407 e. The number of methoxy groups -OCH3 is 1. The van der Waals surface area contributed by atoms with Crippen molar-refractivity contribution in [1.82, 2.24) is 5.32 Å². The number of benzene rings is 1. The molecule has 4 nitrogen and oxygen atoms in total. The highest BCUT2D eigenvalue weighted by Crippen LogP contribution is 2.23. The maximum absolute atomic E-state index is 12.5. The first-order valence-electron chi connectivity index (χ1n) is 6.31. The van der Waals surface area contributed by atoms with Crippen molar-refractivity contribution in [2.24, 2.45) is 5.92 Å². The SMILES string of the molecule is COC(=O)NC1CC=CCC1C(=O)c1ccccc1. The molecule has 1 aliphatic carbocycles. The number of carbonyl (C=O) groups is 2. The van der Waals surface area contributed by atoms with Gasteiger partial charge in [-0.05, 0) is 12.8 Å². The number of nitrogens with one attached hydrogen (secondary N) is 1. The number of hydrogen-bond acceptors (Lipinski definition) is 3. The third-order valence-corrected chi connectivity index (χ3v) is 3.32. The zero-order valence-electron chi connectivity index (χ0n) is 10.8. The van der Waals surface area contributed by atoms with E-state index in [1.165, 1.54) is 7.11 Å². The van der Waals surface area contributed by atoms with Gasteiger partial charge in [0.15, 0.2) is 5.78 Å². The summed E-state index contributed by atoms with van der Waals surface area (Å²) in [5, 5.41) is 2.74. The van der Waals surface area contributed by atoms with Gasteiger partial charge in [-0.25, -0.2) is 4.79 Å². The Balaban J connectivity index is 2.14. The molecule has 0 aromatic heterocycles. The van der Waals surface area contributed by atoms with Crippen LogP contribution in [0.3, 0.4) is 0 Å². The average Bonchev–Trinajstić information content (AvgIpc) is 2.48. The highest BCUT2D eigenvalue weighted by Gasteiger charge is 2.30. The number of allylic oxidation sites excluding steroid dienone is 1. The Bertz CT molecular complexity index is 481. The Morgan fingerprint density at radius 3 is 2.53 bits per heavy atom. The van der Waals surface area contributed by atoms with Crippen molar-refractivity contribution in [2.45, 2.75) is 18.9 Å². The van der Waals surface area contributed by atoms with Gasteiger partial charge in [0.2, 0.25) is 0 Å². The summed E-state index contributed by atoms with van der Waals surface area (Å²) >= 11 is 0. The third-order valence-electron chi connectivity index (χ3n) is 3.32. The van der Waals surface area contributed by atoms with Gasteiger partial charge in [0.05, 0.1) is 7.11 Å². The van der Waals surface area contributed by atoms with E-state index in [-0.39, 0.29) is 17.7 Å². The molecule has 0 aliphatic heterocycles. The van der Waals surface area contributed by atoms with E-state index in [1.807, 2.05) is 30.4 Å². The number of Topliss-reactive ketones (excluding diaryl/α,β-unsaturated/α-hetero) is 1. The molecule has 1 aromatic carbocycles. The number of rotatable bonds is 3. The first-order valence-corrected chi connectivity index (χ1v) is 6.31. The topological polar surface area (TPSA) is 55.4 Å². The van der Waals surface area contributed by atoms with E-state index in [9.17, 15) is 9.59 Å². The van der Waals surface area contributed by atoms with E-state index >= 15 is 0 Å². The van der Waals surface area contributed by atoms with Gasteiger partial charge in [-0.2, -0.15) is 0 Å². The lowest BCUT2D eigenvalue weighted by Gasteiger charge is -2.27. The fourth-order valence-corrected chi connectivity index (χ4v) is 2.29. The molecule has 0 fully saturated rings. The first-order chi connectivity index (χ1) is 9.22. The zero-order chi connectivity index (χ0) is 13.7. The Morgan fingerprint density at radius 2 is 1.84 bits per heavy atom. The number of ketones is 1. The lowest BCUT2D eigenvalue weighted by molar-refractivity contribution is 0.0883. The molecule has 0 bridgehead atoms. The van der Waals surface area contributed by atoms with Gasteiger partial charge in [0.1, 0.15) is 0 Å². The van der Waals surface area contributed by atoms with Crippen LogP contribution >= 0.6 is 0 Å². The minimum Gasteiger partial charge on any atom is -0.453 e. The van der Waals surface area contributed by atoms with Gasteiger partial charge in [0.25, 0.3) is 0 Å². The number of amides is 1. The van der Waals surface area contributed by atoms with Crippen molar-refractivity contribution < 1.29 is 14.3 Å². The second kappa shape index (κ2) is 6.18. The summed E-state index contributed by atoms with van der Waals surface area (Å²) < 4.78 is 4.60. The monoisotopic (exact) mass is 259 g/mol. The molecule has 100 valence electrons. The van der Waals surface area contributed by atoms with E-state index in [1.54, 1.807) is 12.1 Å². The van der Waals surface area contributed by atoms with Crippen LogP contribution in [0.25, 0.3) is 0 Å². The summed E-state index contributed by atoms with van der Waals surface area (Å²) in [5.74, 6) is -0.169. The number of alkyl carbamates (subject to hydrolysis) is 1. The molecule has 1 N–H and O–H groups in total. The van der Waals surface area contributed by atoms with E-state index < -0.39 is 6.09 Å². The molecule has 0 radical (unpaired) electrons. The van der Waals surface area contributed by atoms with Crippen LogP contribution in [0, 0.1) is 5.92 Å². The standard InChI is InChI=1S/C15H17NO3/c1-19-15(18)16-13-10-6-5-9-12(13)14(17)11-7-3-2-4-8-11/h2-8,12-13H,9-10H2,1H3,(H,16,18). The van der Waals surface area contributed by atoms with Crippen molar-refractivity contribution in [3.05, 3.63) is 48.0 Å². The second-order valence-electron chi connectivity index (χ2n) is 4.52. The van der Waals surface area contributed by atoms with E-state index in [0.29, 0.717) is 18.4 Å². The molecule has 1 amide bonds. The van der Waals surface area contributed by atoms with E-state index in [4.69, 9.17) is 0 Å². The first kappa shape index (κ1) is 13.3. The van der Waals surface area contributed by atoms with Crippen molar-refractivity contribution in [2.75, 3.05) is 7.11 Å². The predicted molar refractivity (Wildman–Crippen MR) is 72.0 cm³/mol. The predicted octanol–water partition coefficient (Wildman–Crippen LogP) is 2.56. The molecule has 0 saturated carbocycles. The van der Waals surface area contributed by atoms with Crippen molar-refractivity contribution in [3.8, 4) is 0 Å². The van der Waals surface area contributed by atoms with Crippen LogP contribution in [-0.4, -0.2) is 25.0 Å². The average molecular weight is 259 g/mol. The molecule has 2 unspecified atom stereocenters. The van der Waals surface area contributed by atoms with Crippen molar-refractivity contribution in [1.29, 1.82) is 0 Å². The normalized spacial score (nSPS) is 21.7. The fraction of sp³-hybridized carbons (Fsp3) is 0.333. The Kier molecular flexibility index (Phi) is 4.34. The summed E-state index contributed by atoms with van der Waals surface area (Å²) in [6, 6.07) is 8.96. The van der Waals surface area contributed by atoms with Crippen LogP contribution in [0.5, 0.6) is 0 Å². The molecule has 4 heteroatoms. The van der Waals surface area contributed by atoms with Crippen LogP contribution in [-0.2, 0) is 4.74 Å². The largest absolute Gasteiger partial charge is 0.453 e. The summed E-state index contributed by atoms with van der Waals surface area (Å²) in [6.45, 7) is 0. The highest BCUT2D eigenvalue weighted by molar-refractivity contribution is 5.98. The molecule has 0 heterocycles. The molecule has 1 aliphatic rings. The van der Waals surface area contributed by atoms with Crippen molar-refractivity contribution in [3.63, 3.8) is 0 Å². The summed E-state index contributed by atoms with van der Waals surface area (Å²) in [7, 11) is 1.32. The highest BCUT2D eigenvalue weighted by atomic mass is 16.5. The zero-order valence-corrected chi connectivity index (χ0v) is 10.8. The van der Waals surface area contributed by atoms with Crippen LogP contribution in [0.2, 0.25) is 0 Å². The molecule has 0 saturated heterocycles. The van der Waals surface area contributed by atoms with Crippen LogP contribution in [0.1, 0.15) is 23.2 Å². The maximum Gasteiger partial charge on any atom is 0.407 e. The molecule has 2 atom stereocenters. The third kappa shape index (κ3) is 3.22. The lowest BCUT2D eigenvalue weighted by atomic mass is 9.83. The minimum atomic E-state index is -0.494. The maximum atomic E-state index is 12.5. The number of hydrogen-bond donors (Lipinski definition) is 1. The molecular formula is C15H17NO3. The number of ether oxygens (including phenoxy) is 1. The summed E-state index contributed by atoms with van der Waals surface area (Å²) in [4.78, 5) is 23.8. The lowest BCUT2D eigenvalue weighted by Crippen LogP contribution is -2.44. The van der Waals surface area contributed by atoms with Crippen molar-refractivity contribution >= 4 is 11.9 Å². The molecular weight excluding hydrogens is 242 g/mol. The Labute approximate surface area is 112 Å². The quantitative estimate of drug-likeness (QED) is 0.670. The van der Waals surface area contributed by atoms with Crippen LogP contribution in [0.4, 0.5) is 4.79 Å². The van der Waals surface area contributed by atoms with Crippen LogP contribution in [0.15, 0.2) is 42.5 Å². The van der Waals surface area contributed by atoms with Gasteiger partial charge in [-0.1, -0.05) is 42.5 Å². The van der Waals surface area contributed by atoms with Crippen LogP contribution < -0.4 is 5.32 Å². The van der Waals surface area contributed by atoms with Gasteiger partial charge >= 0.3 is 6.09 Å². The molecule has 2 rings (SSSR count). The fourth-order valence-electron chi connectivity index (χ4n) is 2.29. The summed E-state index contributed by atoms with van der Waals surface area (Å²) in [6.07, 6.45) is 4.77.